The summed E-state index contributed by atoms with van der Waals surface area (Å²) >= 11 is 0. The fraction of sp³-hybridized carbons (Fsp3) is 0.400. The van der Waals surface area contributed by atoms with E-state index in [0.29, 0.717) is 30.0 Å². The molecule has 0 saturated carbocycles. The molecule has 0 unspecified atom stereocenters. The van der Waals surface area contributed by atoms with E-state index in [1.807, 2.05) is 17.0 Å². The number of pyridine rings is 1. The van der Waals surface area contributed by atoms with Crippen molar-refractivity contribution in [3.8, 4) is 0 Å². The van der Waals surface area contributed by atoms with Crippen LogP contribution in [0.15, 0.2) is 42.7 Å². The number of piperidine rings is 1. The van der Waals surface area contributed by atoms with Crippen LogP contribution in [0.3, 0.4) is 0 Å². The first kappa shape index (κ1) is 17.4. The van der Waals surface area contributed by atoms with Crippen LogP contribution in [0.1, 0.15) is 35.7 Å². The first-order valence-corrected chi connectivity index (χ1v) is 8.85. The lowest BCUT2D eigenvalue weighted by molar-refractivity contribution is 0.0697. The molecule has 2 aromatic rings. The maximum Gasteiger partial charge on any atom is 0.255 e. The summed E-state index contributed by atoms with van der Waals surface area (Å²) in [4.78, 5) is 18.7. The molecule has 1 aromatic carbocycles. The van der Waals surface area contributed by atoms with Gasteiger partial charge in [-0.3, -0.25) is 9.78 Å². The van der Waals surface area contributed by atoms with E-state index >= 15 is 0 Å². The number of rotatable bonds is 5. The van der Waals surface area contributed by atoms with Gasteiger partial charge in [0.25, 0.3) is 5.91 Å². The molecule has 2 heterocycles. The zero-order valence-corrected chi connectivity index (χ0v) is 14.5. The van der Waals surface area contributed by atoms with Crippen LogP contribution in [0.4, 0.5) is 10.1 Å². The summed E-state index contributed by atoms with van der Waals surface area (Å²) in [5.41, 5.74) is 2.07. The molecule has 1 N–H and O–H groups in total. The summed E-state index contributed by atoms with van der Waals surface area (Å²) in [6, 6.07) is 8.60. The summed E-state index contributed by atoms with van der Waals surface area (Å²) < 4.78 is 13.6. The molecule has 0 atom stereocenters. The Morgan fingerprint density at radius 1 is 1.28 bits per heavy atom. The van der Waals surface area contributed by atoms with Crippen molar-refractivity contribution in [2.45, 2.75) is 26.2 Å². The zero-order chi connectivity index (χ0) is 17.6. The first-order valence-electron chi connectivity index (χ1n) is 8.85. The van der Waals surface area contributed by atoms with Gasteiger partial charge in [-0.1, -0.05) is 25.1 Å². The predicted molar refractivity (Wildman–Crippen MR) is 97.1 cm³/mol. The van der Waals surface area contributed by atoms with E-state index in [2.05, 4.69) is 17.2 Å². The highest BCUT2D eigenvalue weighted by Gasteiger charge is 2.21. The quantitative estimate of drug-likeness (QED) is 0.901. The van der Waals surface area contributed by atoms with Crippen LogP contribution in [-0.4, -0.2) is 35.4 Å². The predicted octanol–water partition coefficient (Wildman–Crippen LogP) is 3.75. The Bertz CT molecular complexity index is 726. The van der Waals surface area contributed by atoms with Crippen LogP contribution in [0.2, 0.25) is 0 Å². The van der Waals surface area contributed by atoms with Gasteiger partial charge in [0.2, 0.25) is 0 Å². The fourth-order valence-electron chi connectivity index (χ4n) is 3.09. The van der Waals surface area contributed by atoms with Crippen molar-refractivity contribution in [3.63, 3.8) is 0 Å². The van der Waals surface area contributed by atoms with E-state index in [1.54, 1.807) is 24.5 Å². The Hall–Kier alpha value is -2.43. The molecule has 4 nitrogen and oxygen atoms in total. The van der Waals surface area contributed by atoms with E-state index in [0.717, 1.165) is 31.6 Å². The van der Waals surface area contributed by atoms with E-state index in [-0.39, 0.29) is 11.7 Å². The highest BCUT2D eigenvalue weighted by atomic mass is 19.1. The lowest BCUT2D eigenvalue weighted by Crippen LogP contribution is -2.37. The van der Waals surface area contributed by atoms with Crippen molar-refractivity contribution < 1.29 is 9.18 Å². The van der Waals surface area contributed by atoms with E-state index in [1.165, 1.54) is 6.07 Å². The minimum absolute atomic E-state index is 0.0390. The summed E-state index contributed by atoms with van der Waals surface area (Å²) in [6.07, 6.45) is 5.99. The number of likely N-dealkylation sites (tertiary alicyclic amines) is 1. The van der Waals surface area contributed by atoms with Crippen LogP contribution in [0.5, 0.6) is 0 Å². The smallest absolute Gasteiger partial charge is 0.255 e. The Kier molecular flexibility index (Phi) is 5.64. The van der Waals surface area contributed by atoms with Gasteiger partial charge < -0.3 is 10.2 Å². The molecule has 3 rings (SSSR count). The number of hydrogen-bond acceptors (Lipinski definition) is 3. The van der Waals surface area contributed by atoms with Gasteiger partial charge >= 0.3 is 0 Å². The normalized spacial score (nSPS) is 15.2. The van der Waals surface area contributed by atoms with Gasteiger partial charge in [-0.25, -0.2) is 4.39 Å². The van der Waals surface area contributed by atoms with Crippen molar-refractivity contribution in [1.29, 1.82) is 0 Å². The molecule has 1 amide bonds. The van der Waals surface area contributed by atoms with Crippen LogP contribution >= 0.6 is 0 Å². The summed E-state index contributed by atoms with van der Waals surface area (Å²) in [5.74, 6) is 0.538. The summed E-state index contributed by atoms with van der Waals surface area (Å²) in [6.45, 7) is 4.43. The molecule has 0 radical (unpaired) electrons. The van der Waals surface area contributed by atoms with Crippen LogP contribution in [-0.2, 0) is 6.42 Å². The second-order valence-electron chi connectivity index (χ2n) is 6.71. The second kappa shape index (κ2) is 8.10. The maximum atomic E-state index is 13.6. The van der Waals surface area contributed by atoms with Gasteiger partial charge in [0.15, 0.2) is 0 Å². The number of carbonyl (C=O) groups is 1. The van der Waals surface area contributed by atoms with E-state index < -0.39 is 0 Å². The highest BCUT2D eigenvalue weighted by Crippen LogP contribution is 2.19. The number of aromatic nitrogens is 1. The molecule has 1 aliphatic heterocycles. The van der Waals surface area contributed by atoms with E-state index in [9.17, 15) is 9.18 Å². The number of benzene rings is 1. The monoisotopic (exact) mass is 341 g/mol. The summed E-state index contributed by atoms with van der Waals surface area (Å²) in [7, 11) is 0. The molecule has 5 heteroatoms. The molecule has 132 valence electrons. The topological polar surface area (TPSA) is 45.2 Å². The molecular formula is C20H24FN3O. The molecule has 0 spiro atoms. The number of halogens is 1. The lowest BCUT2D eigenvalue weighted by atomic mass is 9.99. The minimum Gasteiger partial charge on any atom is -0.383 e. The third-order valence-electron chi connectivity index (χ3n) is 4.74. The van der Waals surface area contributed by atoms with Gasteiger partial charge in [-0.05, 0) is 42.9 Å². The first-order chi connectivity index (χ1) is 12.1. The van der Waals surface area contributed by atoms with Crippen molar-refractivity contribution >= 4 is 11.6 Å². The van der Waals surface area contributed by atoms with Crippen molar-refractivity contribution in [2.24, 2.45) is 5.92 Å². The van der Waals surface area contributed by atoms with Crippen LogP contribution in [0, 0.1) is 11.7 Å². The number of nitrogens with zero attached hydrogens (tertiary/aromatic N) is 2. The van der Waals surface area contributed by atoms with Gasteiger partial charge in [0.1, 0.15) is 5.82 Å². The molecule has 25 heavy (non-hydrogen) atoms. The number of carbonyl (C=O) groups excluding carboxylic acids is 1. The number of hydrogen-bond donors (Lipinski definition) is 1. The average Bonchev–Trinajstić information content (AvgIpc) is 2.64. The van der Waals surface area contributed by atoms with Crippen molar-refractivity contribution in [2.75, 3.05) is 25.0 Å². The lowest BCUT2D eigenvalue weighted by Gasteiger charge is -2.30. The third kappa shape index (κ3) is 4.56. The molecule has 1 aromatic heterocycles. The van der Waals surface area contributed by atoms with Crippen LogP contribution < -0.4 is 5.32 Å². The Morgan fingerprint density at radius 3 is 2.80 bits per heavy atom. The fourth-order valence-corrected chi connectivity index (χ4v) is 3.09. The SMILES string of the molecule is CC1CCN(C(=O)c2cncc(NCCc3ccccc3F)c2)CC1. The largest absolute Gasteiger partial charge is 0.383 e. The highest BCUT2D eigenvalue weighted by molar-refractivity contribution is 5.94. The van der Waals surface area contributed by atoms with E-state index in [4.69, 9.17) is 0 Å². The number of nitrogens with one attached hydrogen (secondary N) is 1. The molecule has 1 fully saturated rings. The molecule has 1 aliphatic rings. The average molecular weight is 341 g/mol. The maximum absolute atomic E-state index is 13.6. The standard InChI is InChI=1S/C20H24FN3O/c1-15-7-10-24(11-8-15)20(25)17-12-18(14-22-13-17)23-9-6-16-4-2-3-5-19(16)21/h2-5,12-15,23H,6-11H2,1H3. The molecule has 1 saturated heterocycles. The van der Waals surface area contributed by atoms with Gasteiger partial charge in [-0.2, -0.15) is 0 Å². The third-order valence-corrected chi connectivity index (χ3v) is 4.74. The van der Waals surface area contributed by atoms with Gasteiger partial charge in [0.05, 0.1) is 11.3 Å². The second-order valence-corrected chi connectivity index (χ2v) is 6.71. The van der Waals surface area contributed by atoms with Gasteiger partial charge in [0, 0.05) is 32.0 Å². The summed E-state index contributed by atoms with van der Waals surface area (Å²) in [5, 5.41) is 3.23. The Morgan fingerprint density at radius 2 is 2.04 bits per heavy atom. The zero-order valence-electron chi connectivity index (χ0n) is 14.5. The van der Waals surface area contributed by atoms with Crippen molar-refractivity contribution in [3.05, 3.63) is 59.7 Å². The molecule has 0 aliphatic carbocycles. The number of anilines is 1. The van der Waals surface area contributed by atoms with Crippen LogP contribution in [0.25, 0.3) is 0 Å². The number of amides is 1. The molecule has 0 bridgehead atoms. The van der Waals surface area contributed by atoms with Crippen molar-refractivity contribution in [1.82, 2.24) is 9.88 Å². The van der Waals surface area contributed by atoms with Gasteiger partial charge in [-0.15, -0.1) is 0 Å². The Balaban J connectivity index is 1.58. The Labute approximate surface area is 148 Å². The minimum atomic E-state index is -0.189. The molecular weight excluding hydrogens is 317 g/mol.